The Morgan fingerprint density at radius 3 is 2.40 bits per heavy atom. The molecule has 1 N–H and O–H groups in total. The maximum atomic E-state index is 11.9. The molecule has 4 nitrogen and oxygen atoms in total. The fourth-order valence-electron chi connectivity index (χ4n) is 1.95. The van der Waals surface area contributed by atoms with Crippen molar-refractivity contribution >= 4 is 12.1 Å². The van der Waals surface area contributed by atoms with Crippen molar-refractivity contribution in [1.29, 1.82) is 0 Å². The largest absolute Gasteiger partial charge is 0.352 e. The van der Waals surface area contributed by atoms with Gasteiger partial charge in [-0.3, -0.25) is 4.79 Å². The lowest BCUT2D eigenvalue weighted by atomic mass is 10.1. The summed E-state index contributed by atoms with van der Waals surface area (Å²) in [5.41, 5.74) is 7.57. The molecule has 4 heteroatoms. The zero-order valence-electron chi connectivity index (χ0n) is 12.3. The molecule has 1 amide bonds. The Bertz CT molecular complexity index is 651. The van der Waals surface area contributed by atoms with E-state index in [1.807, 2.05) is 46.0 Å². The van der Waals surface area contributed by atoms with Gasteiger partial charge in [-0.15, -0.1) is 0 Å². The van der Waals surface area contributed by atoms with Gasteiger partial charge in [-0.2, -0.15) is 5.10 Å². The number of carbonyl (C=O) groups is 1. The summed E-state index contributed by atoms with van der Waals surface area (Å²) < 4.78 is 2.09. The number of aryl methyl sites for hydroxylation is 2. The first-order valence-electron chi connectivity index (χ1n) is 6.52. The Kier molecular flexibility index (Phi) is 4.03. The molecule has 20 heavy (non-hydrogen) atoms. The summed E-state index contributed by atoms with van der Waals surface area (Å²) >= 11 is 0. The first-order chi connectivity index (χ1) is 9.49. The Hall–Kier alpha value is -2.36. The number of hydrazone groups is 1. The zero-order valence-corrected chi connectivity index (χ0v) is 12.3. The quantitative estimate of drug-likeness (QED) is 0.676. The second-order valence-electron chi connectivity index (χ2n) is 4.95. The fraction of sp³-hybridized carbons (Fsp3) is 0.250. The highest BCUT2D eigenvalue weighted by Gasteiger charge is 2.05. The van der Waals surface area contributed by atoms with Crippen LogP contribution in [0.3, 0.4) is 0 Å². The molecule has 2 rings (SSSR count). The maximum absolute atomic E-state index is 11.9. The van der Waals surface area contributed by atoms with E-state index < -0.39 is 0 Å². The van der Waals surface area contributed by atoms with Crippen LogP contribution >= 0.6 is 0 Å². The normalized spacial score (nSPS) is 11.0. The van der Waals surface area contributed by atoms with Crippen LogP contribution < -0.4 is 5.43 Å². The maximum Gasteiger partial charge on any atom is 0.271 e. The molecular weight excluding hydrogens is 250 g/mol. The van der Waals surface area contributed by atoms with E-state index >= 15 is 0 Å². The number of hydrogen-bond donors (Lipinski definition) is 1. The van der Waals surface area contributed by atoms with Crippen LogP contribution in [0.5, 0.6) is 0 Å². The number of rotatable bonds is 3. The molecule has 0 aliphatic carbocycles. The lowest BCUT2D eigenvalue weighted by Crippen LogP contribution is -2.17. The highest BCUT2D eigenvalue weighted by molar-refractivity contribution is 5.95. The van der Waals surface area contributed by atoms with E-state index in [4.69, 9.17) is 0 Å². The summed E-state index contributed by atoms with van der Waals surface area (Å²) in [6, 6.07) is 9.43. The molecule has 0 unspecified atom stereocenters. The van der Waals surface area contributed by atoms with Gasteiger partial charge < -0.3 is 4.57 Å². The van der Waals surface area contributed by atoms with E-state index in [0.29, 0.717) is 5.56 Å². The molecule has 1 heterocycles. The first-order valence-corrected chi connectivity index (χ1v) is 6.52. The van der Waals surface area contributed by atoms with Gasteiger partial charge >= 0.3 is 0 Å². The Labute approximate surface area is 119 Å². The smallest absolute Gasteiger partial charge is 0.271 e. The molecule has 0 bridgehead atoms. The summed E-state index contributed by atoms with van der Waals surface area (Å²) in [5, 5.41) is 4.02. The fourth-order valence-corrected chi connectivity index (χ4v) is 1.95. The number of nitrogens with zero attached hydrogens (tertiary/aromatic N) is 2. The van der Waals surface area contributed by atoms with Crippen LogP contribution in [0.4, 0.5) is 0 Å². The van der Waals surface area contributed by atoms with Gasteiger partial charge in [0.05, 0.1) is 6.21 Å². The van der Waals surface area contributed by atoms with Crippen molar-refractivity contribution in [3.05, 3.63) is 58.4 Å². The van der Waals surface area contributed by atoms with Crippen molar-refractivity contribution in [3.8, 4) is 0 Å². The summed E-state index contributed by atoms with van der Waals surface area (Å²) in [7, 11) is 2.01. The molecule has 0 aliphatic heterocycles. The lowest BCUT2D eigenvalue weighted by molar-refractivity contribution is 0.0955. The molecule has 0 aliphatic rings. The van der Waals surface area contributed by atoms with Gasteiger partial charge in [-0.1, -0.05) is 17.7 Å². The van der Waals surface area contributed by atoms with E-state index in [1.54, 1.807) is 18.3 Å². The standard InChI is InChI=1S/C16H19N3O/c1-11-5-7-14(8-6-11)16(20)18-17-10-15-9-12(2)19(4)13(15)3/h5-10H,1-4H3,(H,18,20)/b17-10-. The molecule has 0 saturated heterocycles. The third-order valence-corrected chi connectivity index (χ3v) is 3.50. The van der Waals surface area contributed by atoms with Crippen LogP contribution in [0.1, 0.15) is 32.9 Å². The van der Waals surface area contributed by atoms with Crippen LogP contribution in [0.25, 0.3) is 0 Å². The van der Waals surface area contributed by atoms with E-state index in [0.717, 1.165) is 22.5 Å². The molecule has 0 fully saturated rings. The van der Waals surface area contributed by atoms with Crippen LogP contribution in [0.15, 0.2) is 35.4 Å². The average molecular weight is 269 g/mol. The van der Waals surface area contributed by atoms with Gasteiger partial charge in [-0.05, 0) is 39.0 Å². The molecule has 1 aromatic heterocycles. The molecule has 104 valence electrons. The third-order valence-electron chi connectivity index (χ3n) is 3.50. The molecule has 0 atom stereocenters. The van der Waals surface area contributed by atoms with Crippen LogP contribution in [0.2, 0.25) is 0 Å². The highest BCUT2D eigenvalue weighted by Crippen LogP contribution is 2.10. The Balaban J connectivity index is 2.04. The zero-order chi connectivity index (χ0) is 14.7. The van der Waals surface area contributed by atoms with Crippen molar-refractivity contribution in [2.75, 3.05) is 0 Å². The number of benzene rings is 1. The van der Waals surface area contributed by atoms with E-state index in [2.05, 4.69) is 15.1 Å². The molecule has 1 aromatic carbocycles. The van der Waals surface area contributed by atoms with Crippen molar-refractivity contribution < 1.29 is 4.79 Å². The number of carbonyl (C=O) groups excluding carboxylic acids is 1. The van der Waals surface area contributed by atoms with Gasteiger partial charge in [0.25, 0.3) is 5.91 Å². The van der Waals surface area contributed by atoms with Crippen molar-refractivity contribution in [2.45, 2.75) is 20.8 Å². The average Bonchev–Trinajstić information content (AvgIpc) is 2.67. The molecule has 0 spiro atoms. The predicted octanol–water partition coefficient (Wildman–Crippen LogP) is 2.71. The summed E-state index contributed by atoms with van der Waals surface area (Å²) in [4.78, 5) is 11.9. The van der Waals surface area contributed by atoms with Crippen LogP contribution in [-0.2, 0) is 7.05 Å². The predicted molar refractivity (Wildman–Crippen MR) is 81.1 cm³/mol. The number of nitrogens with one attached hydrogen (secondary N) is 1. The number of aromatic nitrogens is 1. The van der Waals surface area contributed by atoms with E-state index in [1.165, 1.54) is 0 Å². The van der Waals surface area contributed by atoms with Gasteiger partial charge in [0.2, 0.25) is 0 Å². The second-order valence-corrected chi connectivity index (χ2v) is 4.95. The molecular formula is C16H19N3O. The van der Waals surface area contributed by atoms with Crippen LogP contribution in [-0.4, -0.2) is 16.7 Å². The summed E-state index contributed by atoms with van der Waals surface area (Å²) in [6.45, 7) is 6.05. The summed E-state index contributed by atoms with van der Waals surface area (Å²) in [6.07, 6.45) is 1.68. The SMILES string of the molecule is Cc1ccc(C(=O)N/N=C\c2cc(C)n(C)c2C)cc1. The second kappa shape index (κ2) is 5.74. The van der Waals surface area contributed by atoms with E-state index in [-0.39, 0.29) is 5.91 Å². The highest BCUT2D eigenvalue weighted by atomic mass is 16.2. The monoisotopic (exact) mass is 269 g/mol. The third kappa shape index (κ3) is 2.96. The number of hydrogen-bond acceptors (Lipinski definition) is 2. The van der Waals surface area contributed by atoms with Gasteiger partial charge in [0, 0.05) is 29.6 Å². The minimum absolute atomic E-state index is 0.202. The first kappa shape index (κ1) is 14.1. The lowest BCUT2D eigenvalue weighted by Gasteiger charge is -2.00. The van der Waals surface area contributed by atoms with Crippen molar-refractivity contribution in [3.63, 3.8) is 0 Å². The van der Waals surface area contributed by atoms with Gasteiger partial charge in [0.1, 0.15) is 0 Å². The Morgan fingerprint density at radius 2 is 1.85 bits per heavy atom. The minimum Gasteiger partial charge on any atom is -0.352 e. The molecule has 0 saturated carbocycles. The summed E-state index contributed by atoms with van der Waals surface area (Å²) in [5.74, 6) is -0.202. The van der Waals surface area contributed by atoms with Crippen molar-refractivity contribution in [2.24, 2.45) is 12.1 Å². The van der Waals surface area contributed by atoms with Gasteiger partial charge in [-0.25, -0.2) is 5.43 Å². The van der Waals surface area contributed by atoms with E-state index in [9.17, 15) is 4.79 Å². The molecule has 2 aromatic rings. The minimum atomic E-state index is -0.202. The molecule has 0 radical (unpaired) electrons. The topological polar surface area (TPSA) is 46.4 Å². The van der Waals surface area contributed by atoms with Crippen molar-refractivity contribution in [1.82, 2.24) is 9.99 Å². The Morgan fingerprint density at radius 1 is 1.20 bits per heavy atom. The van der Waals surface area contributed by atoms with Crippen LogP contribution in [0, 0.1) is 20.8 Å². The van der Waals surface area contributed by atoms with Gasteiger partial charge in [0.15, 0.2) is 0 Å². The number of amides is 1.